The maximum atomic E-state index is 9.85. The first-order chi connectivity index (χ1) is 8.15. The first-order valence-electron chi connectivity index (χ1n) is 5.49. The fourth-order valence-corrected chi connectivity index (χ4v) is 2.13. The van der Waals surface area contributed by atoms with Gasteiger partial charge in [0, 0.05) is 12.3 Å². The molecule has 1 aliphatic rings. The number of phenols is 2. The summed E-state index contributed by atoms with van der Waals surface area (Å²) in [6.07, 6.45) is 3.95. The van der Waals surface area contributed by atoms with E-state index in [9.17, 15) is 10.2 Å². The lowest BCUT2D eigenvalue weighted by atomic mass is 10.1. The lowest BCUT2D eigenvalue weighted by Crippen LogP contribution is -1.96. The quantitative estimate of drug-likeness (QED) is 0.716. The Balaban J connectivity index is 2.15. The molecule has 1 fully saturated rings. The Morgan fingerprint density at radius 1 is 1.24 bits per heavy atom. The van der Waals surface area contributed by atoms with Crippen molar-refractivity contribution < 1.29 is 10.2 Å². The molecule has 1 saturated carbocycles. The van der Waals surface area contributed by atoms with Crippen molar-refractivity contribution in [2.45, 2.75) is 18.8 Å². The van der Waals surface area contributed by atoms with Gasteiger partial charge in [-0.15, -0.1) is 0 Å². The first-order valence-corrected chi connectivity index (χ1v) is 5.90. The van der Waals surface area contributed by atoms with E-state index >= 15 is 0 Å². The van der Waals surface area contributed by atoms with E-state index in [0.717, 1.165) is 18.4 Å². The monoisotopic (exact) mass is 248 g/mol. The lowest BCUT2D eigenvalue weighted by molar-refractivity contribution is 0.443. The summed E-state index contributed by atoms with van der Waals surface area (Å²) >= 11 is 4.99. The molecule has 3 rings (SSSR count). The minimum absolute atomic E-state index is 0.0359. The summed E-state index contributed by atoms with van der Waals surface area (Å²) in [5.41, 5.74) is 1.51. The van der Waals surface area contributed by atoms with Crippen molar-refractivity contribution in [3.63, 3.8) is 0 Å². The molecule has 3 N–H and O–H groups in total. The van der Waals surface area contributed by atoms with Crippen molar-refractivity contribution in [2.24, 2.45) is 0 Å². The minimum atomic E-state index is 0.0359. The molecular formula is C12H12N2O2S. The van der Waals surface area contributed by atoms with Gasteiger partial charge in [0.05, 0.1) is 0 Å². The van der Waals surface area contributed by atoms with Crippen LogP contribution < -0.4 is 0 Å². The Hall–Kier alpha value is -1.75. The van der Waals surface area contributed by atoms with Crippen LogP contribution in [0.1, 0.15) is 24.3 Å². The number of hydrogen-bond donors (Lipinski definition) is 3. The molecule has 1 aromatic heterocycles. The van der Waals surface area contributed by atoms with E-state index in [1.165, 1.54) is 6.07 Å². The number of nitrogens with one attached hydrogen (secondary N) is 1. The molecule has 1 aliphatic carbocycles. The van der Waals surface area contributed by atoms with Crippen LogP contribution in [0.2, 0.25) is 0 Å². The number of aromatic nitrogens is 2. The van der Waals surface area contributed by atoms with E-state index in [2.05, 4.69) is 5.10 Å². The van der Waals surface area contributed by atoms with Gasteiger partial charge < -0.3 is 10.2 Å². The van der Waals surface area contributed by atoms with Crippen molar-refractivity contribution in [2.75, 3.05) is 0 Å². The molecule has 0 bridgehead atoms. The largest absolute Gasteiger partial charge is 0.508 e. The first kappa shape index (κ1) is 10.4. The number of rotatable bonds is 2. The maximum Gasteiger partial charge on any atom is 0.144 e. The van der Waals surface area contributed by atoms with Crippen LogP contribution in [0.5, 0.6) is 11.5 Å². The fraction of sp³-hybridized carbons (Fsp3) is 0.250. The number of hydrogen-bond acceptors (Lipinski definition) is 3. The predicted molar refractivity (Wildman–Crippen MR) is 66.3 cm³/mol. The molecule has 88 valence electrons. The molecule has 5 heteroatoms. The molecule has 4 nitrogen and oxygen atoms in total. The summed E-state index contributed by atoms with van der Waals surface area (Å²) in [5, 5.41) is 22.6. The van der Waals surface area contributed by atoms with E-state index < -0.39 is 0 Å². The Kier molecular flexibility index (Phi) is 2.22. The van der Waals surface area contributed by atoms with Gasteiger partial charge in [-0.25, -0.2) is 0 Å². The van der Waals surface area contributed by atoms with Crippen molar-refractivity contribution in [1.82, 2.24) is 9.78 Å². The molecule has 17 heavy (non-hydrogen) atoms. The van der Waals surface area contributed by atoms with Gasteiger partial charge in [0.25, 0.3) is 0 Å². The highest BCUT2D eigenvalue weighted by atomic mass is 32.1. The van der Waals surface area contributed by atoms with E-state index in [1.807, 2.05) is 6.07 Å². The second kappa shape index (κ2) is 3.63. The number of phenolic OH excluding ortho intramolecular Hbond substituents is 2. The lowest BCUT2D eigenvalue weighted by Gasteiger charge is -2.10. The number of aromatic hydroxyl groups is 2. The average molecular weight is 248 g/mol. The zero-order valence-electron chi connectivity index (χ0n) is 9.05. The summed E-state index contributed by atoms with van der Waals surface area (Å²) in [6.45, 7) is 0. The normalized spacial score (nSPS) is 15.1. The SMILES string of the molecule is Oc1cc(O)c(-n2ccc(=S)[nH]2)cc1C1CC1. The third kappa shape index (κ3) is 1.82. The minimum Gasteiger partial charge on any atom is -0.508 e. The highest BCUT2D eigenvalue weighted by Crippen LogP contribution is 2.46. The summed E-state index contributed by atoms with van der Waals surface area (Å²) in [4.78, 5) is 0. The van der Waals surface area contributed by atoms with E-state index in [4.69, 9.17) is 12.2 Å². The van der Waals surface area contributed by atoms with Crippen molar-refractivity contribution in [1.29, 1.82) is 0 Å². The van der Waals surface area contributed by atoms with Crippen LogP contribution in [0.3, 0.4) is 0 Å². The Labute approximate surface area is 103 Å². The van der Waals surface area contributed by atoms with Gasteiger partial charge in [-0.05, 0) is 36.5 Å². The molecule has 0 radical (unpaired) electrons. The Morgan fingerprint density at radius 3 is 2.59 bits per heavy atom. The number of H-pyrrole nitrogens is 1. The summed E-state index contributed by atoms with van der Waals surface area (Å²) in [5.74, 6) is 0.626. The molecule has 2 aromatic rings. The second-order valence-electron chi connectivity index (χ2n) is 4.34. The molecule has 0 atom stereocenters. The van der Waals surface area contributed by atoms with Gasteiger partial charge in [-0.1, -0.05) is 12.2 Å². The molecule has 1 heterocycles. The van der Waals surface area contributed by atoms with Crippen LogP contribution in [0.4, 0.5) is 0 Å². The molecule has 1 aromatic carbocycles. The van der Waals surface area contributed by atoms with Crippen LogP contribution >= 0.6 is 12.2 Å². The average Bonchev–Trinajstić information content (AvgIpc) is 3.02. The smallest absolute Gasteiger partial charge is 0.144 e. The number of aromatic amines is 1. The summed E-state index contributed by atoms with van der Waals surface area (Å²) in [7, 11) is 0. The van der Waals surface area contributed by atoms with Crippen molar-refractivity contribution in [3.05, 3.63) is 34.6 Å². The van der Waals surface area contributed by atoms with Crippen LogP contribution in [-0.4, -0.2) is 20.0 Å². The van der Waals surface area contributed by atoms with Crippen LogP contribution in [-0.2, 0) is 0 Å². The van der Waals surface area contributed by atoms with Gasteiger partial charge in [0.2, 0.25) is 0 Å². The molecule has 0 aliphatic heterocycles. The standard InChI is InChI=1S/C12H12N2O2S/c15-10-6-11(16)9(5-8(10)7-1-2-7)14-4-3-12(17)13-14/h3-7,15-16H,1-2H2,(H,13,17). The topological polar surface area (TPSA) is 61.2 Å². The summed E-state index contributed by atoms with van der Waals surface area (Å²) in [6, 6.07) is 4.95. The van der Waals surface area contributed by atoms with Crippen LogP contribution in [0, 0.1) is 4.64 Å². The van der Waals surface area contributed by atoms with E-state index in [-0.39, 0.29) is 11.5 Å². The van der Waals surface area contributed by atoms with Gasteiger partial charge in [0.15, 0.2) is 0 Å². The van der Waals surface area contributed by atoms with Crippen LogP contribution in [0.25, 0.3) is 5.69 Å². The second-order valence-corrected chi connectivity index (χ2v) is 4.78. The molecule has 0 spiro atoms. The number of nitrogens with zero attached hydrogens (tertiary/aromatic N) is 1. The Morgan fingerprint density at radius 2 is 2.00 bits per heavy atom. The van der Waals surface area contributed by atoms with E-state index in [0.29, 0.717) is 16.2 Å². The fourth-order valence-electron chi connectivity index (χ4n) is 1.97. The maximum absolute atomic E-state index is 9.85. The molecule has 0 saturated heterocycles. The predicted octanol–water partition coefficient (Wildman–Crippen LogP) is 2.82. The van der Waals surface area contributed by atoms with Gasteiger partial charge in [-0.2, -0.15) is 0 Å². The zero-order chi connectivity index (χ0) is 12.0. The highest BCUT2D eigenvalue weighted by Gasteiger charge is 2.27. The highest BCUT2D eigenvalue weighted by molar-refractivity contribution is 7.71. The van der Waals surface area contributed by atoms with Gasteiger partial charge >= 0.3 is 0 Å². The third-order valence-corrected chi connectivity index (χ3v) is 3.23. The van der Waals surface area contributed by atoms with E-state index in [1.54, 1.807) is 16.9 Å². The molecular weight excluding hydrogens is 236 g/mol. The third-order valence-electron chi connectivity index (χ3n) is 3.01. The van der Waals surface area contributed by atoms with Gasteiger partial charge in [0.1, 0.15) is 21.8 Å². The van der Waals surface area contributed by atoms with Crippen LogP contribution in [0.15, 0.2) is 24.4 Å². The molecule has 0 unspecified atom stereocenters. The van der Waals surface area contributed by atoms with Gasteiger partial charge in [-0.3, -0.25) is 9.78 Å². The summed E-state index contributed by atoms with van der Waals surface area (Å²) < 4.78 is 2.26. The Bertz CT molecular complexity index is 626. The van der Waals surface area contributed by atoms with Crippen molar-refractivity contribution >= 4 is 12.2 Å². The molecule has 0 amide bonds. The zero-order valence-corrected chi connectivity index (χ0v) is 9.87. The number of benzene rings is 1. The van der Waals surface area contributed by atoms with Crippen molar-refractivity contribution in [3.8, 4) is 17.2 Å².